The Bertz CT molecular complexity index is 315. The molecule has 0 rings (SSSR count). The minimum atomic E-state index is -4.07. The summed E-state index contributed by atoms with van der Waals surface area (Å²) in [6.07, 6.45) is 0. The molecule has 0 atom stereocenters. The lowest BCUT2D eigenvalue weighted by molar-refractivity contribution is -0.138. The van der Waals surface area contributed by atoms with E-state index in [-0.39, 0.29) is 18.1 Å². The molecule has 0 saturated carbocycles. The molecule has 0 bridgehead atoms. The van der Waals surface area contributed by atoms with Crippen molar-refractivity contribution in [2.24, 2.45) is 5.92 Å². The largest absolute Gasteiger partial charge is 0.461 e. The topological polar surface area (TPSA) is 80.7 Å². The monoisotopic (exact) mass is 222 g/mol. The van der Waals surface area contributed by atoms with Crippen molar-refractivity contribution in [2.45, 2.75) is 13.8 Å². The van der Waals surface area contributed by atoms with Crippen molar-refractivity contribution in [3.05, 3.63) is 12.2 Å². The number of rotatable bonds is 5. The zero-order valence-electron chi connectivity index (χ0n) is 8.19. The van der Waals surface area contributed by atoms with Crippen LogP contribution in [0.4, 0.5) is 0 Å². The summed E-state index contributed by atoms with van der Waals surface area (Å²) in [5.74, 6) is -1.28. The van der Waals surface area contributed by atoms with Gasteiger partial charge in [-0.15, -0.1) is 0 Å². The summed E-state index contributed by atoms with van der Waals surface area (Å²) in [7, 11) is -4.07. The van der Waals surface area contributed by atoms with Gasteiger partial charge in [-0.3, -0.25) is 4.55 Å². The van der Waals surface area contributed by atoms with Gasteiger partial charge in [-0.1, -0.05) is 20.4 Å². The fourth-order valence-corrected chi connectivity index (χ4v) is 0.862. The summed E-state index contributed by atoms with van der Waals surface area (Å²) in [6, 6.07) is 0. The van der Waals surface area contributed by atoms with Gasteiger partial charge in [-0.05, 0) is 5.92 Å². The summed E-state index contributed by atoms with van der Waals surface area (Å²) in [6.45, 7) is 6.67. The van der Waals surface area contributed by atoms with E-state index in [4.69, 9.17) is 4.55 Å². The molecule has 0 aliphatic heterocycles. The van der Waals surface area contributed by atoms with Gasteiger partial charge in [0.05, 0.1) is 0 Å². The summed E-state index contributed by atoms with van der Waals surface area (Å²) >= 11 is 0. The third kappa shape index (κ3) is 5.71. The molecule has 0 aromatic rings. The maximum absolute atomic E-state index is 11.1. The van der Waals surface area contributed by atoms with E-state index < -0.39 is 21.8 Å². The second-order valence-corrected chi connectivity index (χ2v) is 4.67. The maximum Gasteiger partial charge on any atom is 0.333 e. The quantitative estimate of drug-likeness (QED) is 0.419. The van der Waals surface area contributed by atoms with Crippen LogP contribution < -0.4 is 0 Å². The van der Waals surface area contributed by atoms with Crippen LogP contribution in [0.1, 0.15) is 13.8 Å². The first-order chi connectivity index (χ1) is 6.24. The lowest BCUT2D eigenvalue weighted by Crippen LogP contribution is -2.17. The third-order valence-corrected chi connectivity index (χ3v) is 2.22. The normalized spacial score (nSPS) is 11.4. The Kier molecular flexibility index (Phi) is 4.79. The van der Waals surface area contributed by atoms with Gasteiger partial charge in [0.25, 0.3) is 10.1 Å². The second-order valence-electron chi connectivity index (χ2n) is 3.10. The van der Waals surface area contributed by atoms with E-state index in [1.165, 1.54) is 0 Å². The number of carbonyl (C=O) groups is 1. The Morgan fingerprint density at radius 3 is 2.36 bits per heavy atom. The van der Waals surface area contributed by atoms with Crippen LogP contribution in [0.2, 0.25) is 0 Å². The van der Waals surface area contributed by atoms with E-state index in [0.717, 1.165) is 0 Å². The Hall–Kier alpha value is -0.880. The Morgan fingerprint density at radius 2 is 2.00 bits per heavy atom. The van der Waals surface area contributed by atoms with Crippen LogP contribution in [-0.2, 0) is 19.6 Å². The fraction of sp³-hybridized carbons (Fsp3) is 0.625. The average molecular weight is 222 g/mol. The van der Waals surface area contributed by atoms with Crippen LogP contribution >= 0.6 is 0 Å². The molecule has 0 aliphatic carbocycles. The van der Waals surface area contributed by atoms with Crippen LogP contribution in [0.15, 0.2) is 12.2 Å². The molecule has 82 valence electrons. The van der Waals surface area contributed by atoms with E-state index in [1.807, 2.05) is 0 Å². The van der Waals surface area contributed by atoms with E-state index in [0.29, 0.717) is 0 Å². The van der Waals surface area contributed by atoms with E-state index in [1.54, 1.807) is 13.8 Å². The second kappa shape index (κ2) is 5.11. The lowest BCUT2D eigenvalue weighted by Gasteiger charge is -2.08. The average Bonchev–Trinajstić information content (AvgIpc) is 2.00. The molecule has 6 heteroatoms. The first-order valence-corrected chi connectivity index (χ1v) is 5.66. The highest BCUT2D eigenvalue weighted by atomic mass is 32.2. The smallest absolute Gasteiger partial charge is 0.333 e. The van der Waals surface area contributed by atoms with E-state index >= 15 is 0 Å². The molecular formula is C8H14O5S. The van der Waals surface area contributed by atoms with Crippen molar-refractivity contribution in [1.82, 2.24) is 0 Å². The van der Waals surface area contributed by atoms with E-state index in [2.05, 4.69) is 11.3 Å². The first kappa shape index (κ1) is 13.1. The van der Waals surface area contributed by atoms with Crippen molar-refractivity contribution in [2.75, 3.05) is 12.4 Å². The van der Waals surface area contributed by atoms with Gasteiger partial charge in [0.1, 0.15) is 12.4 Å². The molecule has 1 N–H and O–H groups in total. The summed E-state index contributed by atoms with van der Waals surface area (Å²) in [4.78, 5) is 11.1. The third-order valence-electron chi connectivity index (χ3n) is 1.53. The minimum absolute atomic E-state index is 0.0479. The summed E-state index contributed by atoms with van der Waals surface area (Å²) in [5, 5.41) is 0. The molecule has 0 aromatic carbocycles. The summed E-state index contributed by atoms with van der Waals surface area (Å²) in [5.41, 5.74) is 0.278. The highest BCUT2D eigenvalue weighted by Gasteiger charge is 2.13. The maximum atomic E-state index is 11.1. The molecule has 0 saturated heterocycles. The zero-order chi connectivity index (χ0) is 11.4. The van der Waals surface area contributed by atoms with Crippen molar-refractivity contribution in [3.8, 4) is 0 Å². The van der Waals surface area contributed by atoms with Crippen LogP contribution in [0.5, 0.6) is 0 Å². The number of hydrogen-bond acceptors (Lipinski definition) is 4. The van der Waals surface area contributed by atoms with Crippen molar-refractivity contribution < 1.29 is 22.5 Å². The molecular weight excluding hydrogens is 208 g/mol. The predicted molar refractivity (Wildman–Crippen MR) is 51.4 cm³/mol. The van der Waals surface area contributed by atoms with Gasteiger partial charge in [0.15, 0.2) is 0 Å². The molecule has 0 aromatic heterocycles. The molecule has 0 spiro atoms. The van der Waals surface area contributed by atoms with Gasteiger partial charge in [-0.25, -0.2) is 4.79 Å². The van der Waals surface area contributed by atoms with Crippen molar-refractivity contribution in [1.29, 1.82) is 0 Å². The molecule has 0 unspecified atom stereocenters. The number of carbonyl (C=O) groups excluding carboxylic acids is 1. The van der Waals surface area contributed by atoms with Crippen LogP contribution in [-0.4, -0.2) is 31.3 Å². The van der Waals surface area contributed by atoms with Gasteiger partial charge < -0.3 is 4.74 Å². The van der Waals surface area contributed by atoms with Gasteiger partial charge >= 0.3 is 5.97 Å². The van der Waals surface area contributed by atoms with Gasteiger partial charge in [0, 0.05) is 5.57 Å². The molecule has 0 aliphatic rings. The summed E-state index contributed by atoms with van der Waals surface area (Å²) < 4.78 is 33.4. The molecule has 0 amide bonds. The van der Waals surface area contributed by atoms with Crippen LogP contribution in [0.25, 0.3) is 0 Å². The molecule has 14 heavy (non-hydrogen) atoms. The standard InChI is InChI=1S/C8H14O5S/c1-6(2)7(3)8(9)13-4-5-14(10,11)12/h6H,3-5H2,1-2H3,(H,10,11,12). The molecule has 0 fully saturated rings. The van der Waals surface area contributed by atoms with Gasteiger partial charge in [-0.2, -0.15) is 8.42 Å². The predicted octanol–water partition coefficient (Wildman–Crippen LogP) is 0.630. The van der Waals surface area contributed by atoms with Gasteiger partial charge in [0.2, 0.25) is 0 Å². The SMILES string of the molecule is C=C(C(=O)OCCS(=O)(=O)O)C(C)C. The van der Waals surface area contributed by atoms with Crippen molar-refractivity contribution >= 4 is 16.1 Å². The first-order valence-electron chi connectivity index (χ1n) is 4.05. The number of hydrogen-bond donors (Lipinski definition) is 1. The molecule has 0 radical (unpaired) electrons. The minimum Gasteiger partial charge on any atom is -0.461 e. The Labute approximate surface area is 83.5 Å². The van der Waals surface area contributed by atoms with Crippen LogP contribution in [0, 0.1) is 5.92 Å². The lowest BCUT2D eigenvalue weighted by atomic mass is 10.1. The van der Waals surface area contributed by atoms with Crippen LogP contribution in [0.3, 0.4) is 0 Å². The van der Waals surface area contributed by atoms with Crippen molar-refractivity contribution in [3.63, 3.8) is 0 Å². The Balaban J connectivity index is 3.93. The number of esters is 1. The molecule has 0 heterocycles. The zero-order valence-corrected chi connectivity index (χ0v) is 9.00. The fourth-order valence-electron chi connectivity index (χ4n) is 0.568. The highest BCUT2D eigenvalue weighted by Crippen LogP contribution is 2.08. The highest BCUT2D eigenvalue weighted by molar-refractivity contribution is 7.85. The Morgan fingerprint density at radius 1 is 1.50 bits per heavy atom. The number of ether oxygens (including phenoxy) is 1. The van der Waals surface area contributed by atoms with E-state index in [9.17, 15) is 13.2 Å². The molecule has 5 nitrogen and oxygen atoms in total.